The highest BCUT2D eigenvalue weighted by atomic mass is 127. The molecule has 9 heteroatoms. The molecule has 0 amide bonds. The van der Waals surface area contributed by atoms with Crippen molar-refractivity contribution >= 4 is 40.0 Å². The van der Waals surface area contributed by atoms with E-state index in [0.717, 1.165) is 22.4 Å². The van der Waals surface area contributed by atoms with Gasteiger partial charge >= 0.3 is 0 Å². The highest BCUT2D eigenvalue weighted by Gasteiger charge is 2.16. The summed E-state index contributed by atoms with van der Waals surface area (Å²) in [5.74, 6) is 1.41. The lowest BCUT2D eigenvalue weighted by Gasteiger charge is -2.13. The van der Waals surface area contributed by atoms with Crippen molar-refractivity contribution in [3.05, 3.63) is 59.2 Å². The van der Waals surface area contributed by atoms with E-state index in [4.69, 9.17) is 4.74 Å². The molecule has 0 aliphatic carbocycles. The van der Waals surface area contributed by atoms with Gasteiger partial charge in [-0.3, -0.25) is 4.99 Å². The van der Waals surface area contributed by atoms with E-state index in [1.165, 1.54) is 0 Å². The van der Waals surface area contributed by atoms with Crippen LogP contribution < -0.4 is 20.1 Å². The van der Waals surface area contributed by atoms with Crippen LogP contribution in [0.1, 0.15) is 16.7 Å². The molecule has 0 saturated carbocycles. The summed E-state index contributed by atoms with van der Waals surface area (Å²) in [6.07, 6.45) is 0. The predicted molar refractivity (Wildman–Crippen MR) is 128 cm³/mol. The van der Waals surface area contributed by atoms with E-state index in [9.17, 15) is 8.42 Å². The Morgan fingerprint density at radius 2 is 1.72 bits per heavy atom. The number of sulfonamides is 1. The van der Waals surface area contributed by atoms with Gasteiger partial charge in [0.1, 0.15) is 5.75 Å². The molecule has 2 rings (SSSR count). The maximum atomic E-state index is 12.5. The first kappa shape index (κ1) is 25.2. The zero-order valence-corrected chi connectivity index (χ0v) is 20.3. The van der Waals surface area contributed by atoms with Crippen LogP contribution in [0.15, 0.2) is 52.4 Å². The van der Waals surface area contributed by atoms with Crippen molar-refractivity contribution in [3.63, 3.8) is 0 Å². The zero-order chi connectivity index (χ0) is 20.6. The van der Waals surface area contributed by atoms with Gasteiger partial charge in [-0.15, -0.1) is 24.0 Å². The smallest absolute Gasteiger partial charge is 0.240 e. The van der Waals surface area contributed by atoms with Crippen LogP contribution in [0.5, 0.6) is 5.75 Å². The number of rotatable bonds is 8. The van der Waals surface area contributed by atoms with Crippen molar-refractivity contribution in [2.45, 2.75) is 25.3 Å². The predicted octanol–water partition coefficient (Wildman–Crippen LogP) is 2.57. The second-order valence-electron chi connectivity index (χ2n) is 6.37. The molecule has 0 fully saturated rings. The Hall–Kier alpha value is -1.85. The monoisotopic (exact) mass is 532 g/mol. The summed E-state index contributed by atoms with van der Waals surface area (Å²) in [6.45, 7) is 4.92. The van der Waals surface area contributed by atoms with Crippen LogP contribution in [-0.4, -0.2) is 41.6 Å². The molecule has 0 aromatic heterocycles. The Morgan fingerprint density at radius 3 is 2.34 bits per heavy atom. The number of ether oxygens (including phenoxy) is 1. The molecular formula is C20H29IN4O3S. The van der Waals surface area contributed by atoms with Gasteiger partial charge < -0.3 is 15.4 Å². The van der Waals surface area contributed by atoms with E-state index in [1.54, 1.807) is 27.1 Å². The maximum absolute atomic E-state index is 12.5. The summed E-state index contributed by atoms with van der Waals surface area (Å²) in [6, 6.07) is 13.1. The fourth-order valence-electron chi connectivity index (χ4n) is 2.59. The summed E-state index contributed by atoms with van der Waals surface area (Å²) >= 11 is 0. The SMILES string of the molecule is CN=C(NCCNS(=O)(=O)c1cc(C)ccc1C)NCc1ccc(OC)cc1.I. The van der Waals surface area contributed by atoms with Crippen LogP contribution in [0.4, 0.5) is 0 Å². The minimum Gasteiger partial charge on any atom is -0.497 e. The third-order valence-corrected chi connectivity index (χ3v) is 5.79. The summed E-state index contributed by atoms with van der Waals surface area (Å²) < 4.78 is 32.7. The number of hydrogen-bond acceptors (Lipinski definition) is 4. The van der Waals surface area contributed by atoms with E-state index < -0.39 is 10.0 Å². The minimum absolute atomic E-state index is 0. The first-order chi connectivity index (χ1) is 13.4. The molecule has 2 aromatic carbocycles. The van der Waals surface area contributed by atoms with Crippen LogP contribution >= 0.6 is 24.0 Å². The van der Waals surface area contributed by atoms with Gasteiger partial charge in [-0.1, -0.05) is 24.3 Å². The van der Waals surface area contributed by atoms with Gasteiger partial charge in [0, 0.05) is 26.7 Å². The second-order valence-corrected chi connectivity index (χ2v) is 8.10. The lowest BCUT2D eigenvalue weighted by Crippen LogP contribution is -2.41. The van der Waals surface area contributed by atoms with E-state index in [-0.39, 0.29) is 30.5 Å². The molecule has 0 bridgehead atoms. The molecule has 3 N–H and O–H groups in total. The Bertz CT molecular complexity index is 916. The average Bonchev–Trinajstić information content (AvgIpc) is 2.69. The highest BCUT2D eigenvalue weighted by Crippen LogP contribution is 2.16. The van der Waals surface area contributed by atoms with Gasteiger partial charge in [0.15, 0.2) is 5.96 Å². The highest BCUT2D eigenvalue weighted by molar-refractivity contribution is 14.0. The summed E-state index contributed by atoms with van der Waals surface area (Å²) in [5.41, 5.74) is 2.72. The molecule has 0 spiro atoms. The molecule has 160 valence electrons. The number of hydrogen-bond donors (Lipinski definition) is 3. The van der Waals surface area contributed by atoms with Gasteiger partial charge in [-0.25, -0.2) is 13.1 Å². The van der Waals surface area contributed by atoms with Crippen molar-refractivity contribution in [2.24, 2.45) is 4.99 Å². The van der Waals surface area contributed by atoms with Gasteiger partial charge in [0.25, 0.3) is 0 Å². The maximum Gasteiger partial charge on any atom is 0.240 e. The van der Waals surface area contributed by atoms with Crippen LogP contribution in [0.3, 0.4) is 0 Å². The number of nitrogens with zero attached hydrogens (tertiary/aromatic N) is 1. The molecule has 7 nitrogen and oxygen atoms in total. The zero-order valence-electron chi connectivity index (χ0n) is 17.2. The molecule has 0 radical (unpaired) electrons. The van der Waals surface area contributed by atoms with Gasteiger partial charge in [-0.05, 0) is 48.7 Å². The lowest BCUT2D eigenvalue weighted by molar-refractivity contribution is 0.414. The van der Waals surface area contributed by atoms with Crippen molar-refractivity contribution < 1.29 is 13.2 Å². The minimum atomic E-state index is -3.54. The second kappa shape index (κ2) is 12.0. The fourth-order valence-corrected chi connectivity index (χ4v) is 3.95. The molecule has 0 unspecified atom stereocenters. The van der Waals surface area contributed by atoms with E-state index in [1.807, 2.05) is 43.3 Å². The molecule has 29 heavy (non-hydrogen) atoms. The third kappa shape index (κ3) is 7.82. The largest absolute Gasteiger partial charge is 0.497 e. The number of aliphatic imine (C=N–C) groups is 1. The Balaban J connectivity index is 0.00000420. The molecule has 0 heterocycles. The number of methoxy groups -OCH3 is 1. The number of aryl methyl sites for hydroxylation is 2. The molecule has 0 aliphatic heterocycles. The Kier molecular flexibility index (Phi) is 10.4. The first-order valence-corrected chi connectivity index (χ1v) is 10.5. The first-order valence-electron chi connectivity index (χ1n) is 9.00. The normalized spacial score (nSPS) is 11.5. The fraction of sp³-hybridized carbons (Fsp3) is 0.350. The standard InChI is InChI=1S/C20H28N4O3S.HI/c1-15-5-6-16(2)19(13-15)28(25,26)24-12-11-22-20(21-3)23-14-17-7-9-18(27-4)10-8-17;/h5-10,13,24H,11-12,14H2,1-4H3,(H2,21,22,23);1H. The van der Waals surface area contributed by atoms with E-state index in [0.29, 0.717) is 23.9 Å². The van der Waals surface area contributed by atoms with E-state index in [2.05, 4.69) is 20.3 Å². The number of halogens is 1. The molecule has 2 aromatic rings. The Morgan fingerprint density at radius 1 is 1.03 bits per heavy atom. The van der Waals surface area contributed by atoms with E-state index >= 15 is 0 Å². The molecule has 0 saturated heterocycles. The Labute approximate surface area is 190 Å². The van der Waals surface area contributed by atoms with Gasteiger partial charge in [-0.2, -0.15) is 0 Å². The number of guanidine groups is 1. The topological polar surface area (TPSA) is 91.8 Å². The number of nitrogens with one attached hydrogen (secondary N) is 3. The summed E-state index contributed by atoms with van der Waals surface area (Å²) in [7, 11) is -0.239. The van der Waals surface area contributed by atoms with Gasteiger partial charge in [0.2, 0.25) is 10.0 Å². The van der Waals surface area contributed by atoms with Crippen LogP contribution in [-0.2, 0) is 16.6 Å². The number of benzene rings is 2. The lowest BCUT2D eigenvalue weighted by atomic mass is 10.2. The average molecular weight is 532 g/mol. The third-order valence-electron chi connectivity index (χ3n) is 4.19. The quantitative estimate of drug-likeness (QED) is 0.211. The molecule has 0 aliphatic rings. The van der Waals surface area contributed by atoms with Gasteiger partial charge in [0.05, 0.1) is 12.0 Å². The molecule has 0 atom stereocenters. The summed E-state index contributed by atoms with van der Waals surface area (Å²) in [5, 5.41) is 6.29. The van der Waals surface area contributed by atoms with Crippen LogP contribution in [0.2, 0.25) is 0 Å². The van der Waals surface area contributed by atoms with Crippen LogP contribution in [0, 0.1) is 13.8 Å². The van der Waals surface area contributed by atoms with Crippen molar-refractivity contribution in [3.8, 4) is 5.75 Å². The van der Waals surface area contributed by atoms with Crippen molar-refractivity contribution in [1.82, 2.24) is 15.4 Å². The summed E-state index contributed by atoms with van der Waals surface area (Å²) in [4.78, 5) is 4.46. The van der Waals surface area contributed by atoms with Crippen LogP contribution in [0.25, 0.3) is 0 Å². The van der Waals surface area contributed by atoms with Crippen molar-refractivity contribution in [1.29, 1.82) is 0 Å². The molecular weight excluding hydrogens is 503 g/mol. The van der Waals surface area contributed by atoms with Crippen molar-refractivity contribution in [2.75, 3.05) is 27.2 Å².